The van der Waals surface area contributed by atoms with Crippen LogP contribution in [-0.4, -0.2) is 9.97 Å². The number of fused-ring (bicyclic) bond motifs is 1. The lowest BCUT2D eigenvalue weighted by Crippen LogP contribution is -1.89. The van der Waals surface area contributed by atoms with Gasteiger partial charge in [0.25, 0.3) is 0 Å². The molecule has 118 valence electrons. The summed E-state index contributed by atoms with van der Waals surface area (Å²) in [6.45, 7) is 0. The second kappa shape index (κ2) is 8.09. The van der Waals surface area contributed by atoms with Gasteiger partial charge >= 0.3 is 0 Å². The maximum Gasteiger partial charge on any atom is 0.0701 e. The summed E-state index contributed by atoms with van der Waals surface area (Å²) in [6.07, 6.45) is 5.31. The first kappa shape index (κ1) is 16.0. The van der Waals surface area contributed by atoms with Gasteiger partial charge in [0.1, 0.15) is 0 Å². The molecule has 2 heterocycles. The summed E-state index contributed by atoms with van der Waals surface area (Å²) in [7, 11) is 0. The first-order valence-electron chi connectivity index (χ1n) is 7.54. The Morgan fingerprint density at radius 1 is 0.750 bits per heavy atom. The molecule has 4 heteroatoms. The number of benzene rings is 2. The summed E-state index contributed by atoms with van der Waals surface area (Å²) in [5.41, 5.74) is 2.98. The van der Waals surface area contributed by atoms with Crippen molar-refractivity contribution in [3.63, 3.8) is 0 Å². The molecule has 24 heavy (non-hydrogen) atoms. The Bertz CT molecular complexity index is 845. The molecule has 0 atom stereocenters. The van der Waals surface area contributed by atoms with Gasteiger partial charge in [-0.1, -0.05) is 41.9 Å². The first-order chi connectivity index (χ1) is 11.8. The van der Waals surface area contributed by atoms with E-state index in [1.54, 1.807) is 12.4 Å². The Hall–Kier alpha value is -2.91. The molecule has 0 radical (unpaired) electrons. The predicted molar refractivity (Wildman–Crippen MR) is 101 cm³/mol. The molecule has 0 bridgehead atoms. The van der Waals surface area contributed by atoms with Crippen LogP contribution in [0.3, 0.4) is 0 Å². The zero-order chi connectivity index (χ0) is 16.6. The van der Waals surface area contributed by atoms with Gasteiger partial charge in [-0.15, -0.1) is 0 Å². The van der Waals surface area contributed by atoms with Crippen LogP contribution in [-0.2, 0) is 0 Å². The quantitative estimate of drug-likeness (QED) is 0.510. The number of aromatic nitrogens is 2. The molecule has 2 aromatic heterocycles. The van der Waals surface area contributed by atoms with Gasteiger partial charge in [-0.25, -0.2) is 0 Å². The molecule has 1 N–H and O–H groups in total. The van der Waals surface area contributed by atoms with Crippen molar-refractivity contribution in [2.24, 2.45) is 0 Å². The van der Waals surface area contributed by atoms with E-state index in [0.29, 0.717) is 0 Å². The highest BCUT2D eigenvalue weighted by molar-refractivity contribution is 6.30. The van der Waals surface area contributed by atoms with Gasteiger partial charge in [0.2, 0.25) is 0 Å². The van der Waals surface area contributed by atoms with Gasteiger partial charge in [-0.05, 0) is 42.5 Å². The lowest BCUT2D eigenvalue weighted by Gasteiger charge is -2.05. The zero-order valence-corrected chi connectivity index (χ0v) is 13.7. The molecule has 0 unspecified atom stereocenters. The number of hydrogen-bond donors (Lipinski definition) is 1. The molecular weight excluding hydrogens is 318 g/mol. The highest BCUT2D eigenvalue weighted by Crippen LogP contribution is 2.18. The van der Waals surface area contributed by atoms with Crippen LogP contribution < -0.4 is 5.32 Å². The van der Waals surface area contributed by atoms with Crippen LogP contribution in [0.15, 0.2) is 91.4 Å². The van der Waals surface area contributed by atoms with E-state index in [-0.39, 0.29) is 0 Å². The normalized spacial score (nSPS) is 9.88. The number of rotatable bonds is 2. The molecule has 3 nitrogen and oxygen atoms in total. The summed E-state index contributed by atoms with van der Waals surface area (Å²) < 4.78 is 0. The third kappa shape index (κ3) is 4.54. The first-order valence-corrected chi connectivity index (χ1v) is 7.91. The van der Waals surface area contributed by atoms with Crippen LogP contribution in [0, 0.1) is 0 Å². The van der Waals surface area contributed by atoms with Crippen molar-refractivity contribution in [1.29, 1.82) is 0 Å². The molecule has 0 fully saturated rings. The Kier molecular flexibility index (Phi) is 5.38. The molecular formula is C20H16ClN3. The van der Waals surface area contributed by atoms with E-state index in [1.165, 1.54) is 5.39 Å². The van der Waals surface area contributed by atoms with Crippen LogP contribution >= 0.6 is 11.6 Å². The number of hydrogen-bond acceptors (Lipinski definition) is 3. The van der Waals surface area contributed by atoms with E-state index in [2.05, 4.69) is 27.4 Å². The fraction of sp³-hybridized carbons (Fsp3) is 0. The molecule has 0 aliphatic heterocycles. The fourth-order valence-corrected chi connectivity index (χ4v) is 2.38. The molecule has 0 aliphatic carbocycles. The van der Waals surface area contributed by atoms with Crippen molar-refractivity contribution in [1.82, 2.24) is 9.97 Å². The molecule has 4 rings (SSSR count). The number of nitrogens with one attached hydrogen (secondary N) is 1. The van der Waals surface area contributed by atoms with Crippen molar-refractivity contribution in [2.45, 2.75) is 0 Å². The minimum Gasteiger partial charge on any atom is -0.354 e. The van der Waals surface area contributed by atoms with Crippen molar-refractivity contribution in [3.05, 3.63) is 96.4 Å². The molecule has 0 aliphatic rings. The smallest absolute Gasteiger partial charge is 0.0701 e. The third-order valence-electron chi connectivity index (χ3n) is 3.29. The molecule has 4 aromatic rings. The van der Waals surface area contributed by atoms with Gasteiger partial charge < -0.3 is 5.32 Å². The summed E-state index contributed by atoms with van der Waals surface area (Å²) in [5.74, 6) is 0. The third-order valence-corrected chi connectivity index (χ3v) is 3.52. The van der Waals surface area contributed by atoms with Crippen LogP contribution in [0.5, 0.6) is 0 Å². The van der Waals surface area contributed by atoms with Crippen LogP contribution in [0.4, 0.5) is 11.4 Å². The number of nitrogens with zero attached hydrogens (tertiary/aromatic N) is 2. The molecule has 0 amide bonds. The zero-order valence-electron chi connectivity index (χ0n) is 12.9. The number of halogens is 1. The largest absolute Gasteiger partial charge is 0.354 e. The Morgan fingerprint density at radius 3 is 2.33 bits per heavy atom. The summed E-state index contributed by atoms with van der Waals surface area (Å²) in [6, 6.07) is 23.5. The number of anilines is 2. The second-order valence-electron chi connectivity index (χ2n) is 5.07. The lowest BCUT2D eigenvalue weighted by atomic mass is 10.2. The second-order valence-corrected chi connectivity index (χ2v) is 5.51. The summed E-state index contributed by atoms with van der Waals surface area (Å²) >= 11 is 5.86. The Balaban J connectivity index is 0.000000149. The number of pyridine rings is 2. The van der Waals surface area contributed by atoms with Gasteiger partial charge in [0.15, 0.2) is 0 Å². The fourth-order valence-electron chi connectivity index (χ4n) is 2.19. The summed E-state index contributed by atoms with van der Waals surface area (Å²) in [4.78, 5) is 8.19. The average Bonchev–Trinajstić information content (AvgIpc) is 2.63. The Morgan fingerprint density at radius 2 is 1.54 bits per heavy atom. The average molecular weight is 334 g/mol. The predicted octanol–water partition coefficient (Wildman–Crippen LogP) is 5.71. The van der Waals surface area contributed by atoms with Crippen molar-refractivity contribution in [3.8, 4) is 0 Å². The van der Waals surface area contributed by atoms with Crippen molar-refractivity contribution < 1.29 is 0 Å². The van der Waals surface area contributed by atoms with E-state index in [9.17, 15) is 0 Å². The highest BCUT2D eigenvalue weighted by atomic mass is 35.5. The standard InChI is InChI=1S/C11H9ClN2.C9H7N/c12-9-3-1-4-10(7-9)14-11-5-2-6-13-8-11;1-2-6-9-8(4-1)5-3-7-10-9/h1-8,14H;1-7H. The molecule has 2 aromatic carbocycles. The molecule has 0 spiro atoms. The van der Waals surface area contributed by atoms with Crippen LogP contribution in [0.25, 0.3) is 10.9 Å². The van der Waals surface area contributed by atoms with Crippen molar-refractivity contribution >= 4 is 33.9 Å². The molecule has 0 saturated carbocycles. The molecule has 0 saturated heterocycles. The minimum absolute atomic E-state index is 0.721. The van der Waals surface area contributed by atoms with Crippen LogP contribution in [0.2, 0.25) is 5.02 Å². The summed E-state index contributed by atoms with van der Waals surface area (Å²) in [5, 5.41) is 5.12. The monoisotopic (exact) mass is 333 g/mol. The van der Waals surface area contributed by atoms with Crippen molar-refractivity contribution in [2.75, 3.05) is 5.32 Å². The lowest BCUT2D eigenvalue weighted by molar-refractivity contribution is 1.32. The van der Waals surface area contributed by atoms with E-state index in [4.69, 9.17) is 11.6 Å². The van der Waals surface area contributed by atoms with Gasteiger partial charge in [-0.2, -0.15) is 0 Å². The number of para-hydroxylation sites is 1. The van der Waals surface area contributed by atoms with Crippen LogP contribution in [0.1, 0.15) is 0 Å². The maximum atomic E-state index is 5.86. The van der Waals surface area contributed by atoms with E-state index in [0.717, 1.165) is 21.9 Å². The van der Waals surface area contributed by atoms with E-state index in [1.807, 2.05) is 66.9 Å². The van der Waals surface area contributed by atoms with E-state index >= 15 is 0 Å². The SMILES string of the molecule is Clc1cccc(Nc2cccnc2)c1.c1ccc2ncccc2c1. The Labute approximate surface area is 146 Å². The van der Waals surface area contributed by atoms with Gasteiger partial charge in [-0.3, -0.25) is 9.97 Å². The van der Waals surface area contributed by atoms with E-state index < -0.39 is 0 Å². The minimum atomic E-state index is 0.721. The highest BCUT2D eigenvalue weighted by Gasteiger charge is 1.94. The van der Waals surface area contributed by atoms with Gasteiger partial charge in [0, 0.05) is 28.5 Å². The van der Waals surface area contributed by atoms with Gasteiger partial charge in [0.05, 0.1) is 17.4 Å². The maximum absolute atomic E-state index is 5.86. The topological polar surface area (TPSA) is 37.8 Å².